The highest BCUT2D eigenvalue weighted by molar-refractivity contribution is 5.40. The molecule has 0 aliphatic heterocycles. The van der Waals surface area contributed by atoms with Crippen LogP contribution < -0.4 is 0 Å². The van der Waals surface area contributed by atoms with Crippen LogP contribution in [0.1, 0.15) is 47.5 Å². The molecule has 0 heteroatoms. The Bertz CT molecular complexity index is 239. The molecule has 13 heavy (non-hydrogen) atoms. The zero-order valence-electron chi connectivity index (χ0n) is 9.65. The normalized spacial score (nSPS) is 17.6. The van der Waals surface area contributed by atoms with Crippen molar-refractivity contribution in [2.75, 3.05) is 0 Å². The van der Waals surface area contributed by atoms with Crippen LogP contribution in [-0.4, -0.2) is 0 Å². The van der Waals surface area contributed by atoms with Crippen molar-refractivity contribution in [1.82, 2.24) is 0 Å². The topological polar surface area (TPSA) is 0 Å². The molecular weight excluding hydrogens is 156 g/mol. The van der Waals surface area contributed by atoms with E-state index in [1.807, 2.05) is 0 Å². The van der Waals surface area contributed by atoms with E-state index in [-0.39, 0.29) is 0 Å². The van der Waals surface area contributed by atoms with Gasteiger partial charge in [0.1, 0.15) is 0 Å². The lowest BCUT2D eigenvalue weighted by atomic mass is 9.98. The first kappa shape index (κ1) is 10.6. The number of hydrogen-bond donors (Lipinski definition) is 0. The fraction of sp³-hybridized carbons (Fsp3) is 0.692. The minimum atomic E-state index is 0.700. The van der Waals surface area contributed by atoms with Crippen LogP contribution in [0, 0.1) is 11.8 Å². The van der Waals surface area contributed by atoms with E-state index in [1.54, 1.807) is 16.7 Å². The van der Waals surface area contributed by atoms with E-state index in [2.05, 4.69) is 40.7 Å². The van der Waals surface area contributed by atoms with Gasteiger partial charge in [-0.3, -0.25) is 0 Å². The van der Waals surface area contributed by atoms with Crippen molar-refractivity contribution < 1.29 is 0 Å². The largest absolute Gasteiger partial charge is 0.0633 e. The Morgan fingerprint density at radius 3 is 2.08 bits per heavy atom. The van der Waals surface area contributed by atoms with Gasteiger partial charge in [-0.1, -0.05) is 51.8 Å². The van der Waals surface area contributed by atoms with E-state index >= 15 is 0 Å². The van der Waals surface area contributed by atoms with Gasteiger partial charge in [-0.15, -0.1) is 0 Å². The smallest absolute Gasteiger partial charge is 0.00968 e. The van der Waals surface area contributed by atoms with Crippen molar-refractivity contribution in [3.8, 4) is 0 Å². The Balaban J connectivity index is 2.83. The Morgan fingerprint density at radius 1 is 1.15 bits per heavy atom. The zero-order chi connectivity index (χ0) is 10.0. The van der Waals surface area contributed by atoms with Crippen molar-refractivity contribution in [3.63, 3.8) is 0 Å². The van der Waals surface area contributed by atoms with Gasteiger partial charge in [0.15, 0.2) is 0 Å². The molecule has 1 aliphatic carbocycles. The highest BCUT2D eigenvalue weighted by atomic mass is 14.2. The molecule has 0 aromatic rings. The molecule has 0 N–H and O–H groups in total. The predicted octanol–water partition coefficient (Wildman–Crippen LogP) is 4.34. The Hall–Kier alpha value is -0.520. The predicted molar refractivity (Wildman–Crippen MR) is 59.7 cm³/mol. The van der Waals surface area contributed by atoms with Gasteiger partial charge in [-0.25, -0.2) is 0 Å². The zero-order valence-corrected chi connectivity index (χ0v) is 9.65. The molecule has 1 aliphatic rings. The first-order valence-electron chi connectivity index (χ1n) is 5.48. The molecule has 0 bridgehead atoms. The second-order valence-corrected chi connectivity index (χ2v) is 4.62. The maximum absolute atomic E-state index is 2.44. The number of rotatable bonds is 3. The number of allylic oxidation sites excluding steroid dienone is 4. The van der Waals surface area contributed by atoms with Crippen LogP contribution in [0.5, 0.6) is 0 Å². The van der Waals surface area contributed by atoms with Crippen molar-refractivity contribution in [1.29, 1.82) is 0 Å². The minimum absolute atomic E-state index is 0.700. The first-order valence-corrected chi connectivity index (χ1v) is 5.48. The molecule has 0 unspecified atom stereocenters. The summed E-state index contributed by atoms with van der Waals surface area (Å²) in [7, 11) is 0. The molecule has 0 amide bonds. The summed E-state index contributed by atoms with van der Waals surface area (Å²) < 4.78 is 0. The fourth-order valence-electron chi connectivity index (χ4n) is 1.98. The average molecular weight is 178 g/mol. The van der Waals surface area contributed by atoms with E-state index in [1.165, 1.54) is 12.8 Å². The van der Waals surface area contributed by atoms with Crippen LogP contribution in [0.15, 0.2) is 22.8 Å². The Kier molecular flexibility index (Phi) is 3.35. The van der Waals surface area contributed by atoms with E-state index in [0.717, 1.165) is 5.92 Å². The van der Waals surface area contributed by atoms with Gasteiger partial charge < -0.3 is 0 Å². The van der Waals surface area contributed by atoms with Crippen LogP contribution in [-0.2, 0) is 0 Å². The first-order chi connectivity index (χ1) is 6.06. The molecule has 0 spiro atoms. The SMILES string of the molecule is CCC1=C(C(C)C)C=C(C(C)C)C1. The maximum Gasteiger partial charge on any atom is -0.00968 e. The second kappa shape index (κ2) is 4.13. The Morgan fingerprint density at radius 2 is 1.77 bits per heavy atom. The van der Waals surface area contributed by atoms with Crippen molar-refractivity contribution in [3.05, 3.63) is 22.8 Å². The van der Waals surface area contributed by atoms with Crippen LogP contribution in [0.4, 0.5) is 0 Å². The summed E-state index contributed by atoms with van der Waals surface area (Å²) in [6, 6.07) is 0. The summed E-state index contributed by atoms with van der Waals surface area (Å²) in [5.74, 6) is 1.42. The van der Waals surface area contributed by atoms with Crippen molar-refractivity contribution >= 4 is 0 Å². The molecule has 0 heterocycles. The third-order valence-corrected chi connectivity index (χ3v) is 2.96. The molecule has 0 atom stereocenters. The number of hydrogen-bond acceptors (Lipinski definition) is 0. The molecule has 1 rings (SSSR count). The fourth-order valence-corrected chi connectivity index (χ4v) is 1.98. The van der Waals surface area contributed by atoms with E-state index in [0.29, 0.717) is 5.92 Å². The third-order valence-electron chi connectivity index (χ3n) is 2.96. The average Bonchev–Trinajstić information content (AvgIpc) is 2.47. The summed E-state index contributed by atoms with van der Waals surface area (Å²) in [5, 5.41) is 0. The lowest BCUT2D eigenvalue weighted by molar-refractivity contribution is 0.740. The lowest BCUT2D eigenvalue weighted by Gasteiger charge is -2.07. The van der Waals surface area contributed by atoms with Gasteiger partial charge in [0.25, 0.3) is 0 Å². The van der Waals surface area contributed by atoms with E-state index < -0.39 is 0 Å². The monoisotopic (exact) mass is 178 g/mol. The summed E-state index contributed by atoms with van der Waals surface area (Å²) in [6.45, 7) is 11.5. The van der Waals surface area contributed by atoms with Gasteiger partial charge in [0.05, 0.1) is 0 Å². The maximum atomic E-state index is 2.44. The van der Waals surface area contributed by atoms with Gasteiger partial charge in [-0.05, 0) is 30.3 Å². The van der Waals surface area contributed by atoms with Crippen LogP contribution in [0.3, 0.4) is 0 Å². The van der Waals surface area contributed by atoms with Gasteiger partial charge in [-0.2, -0.15) is 0 Å². The van der Waals surface area contributed by atoms with Gasteiger partial charge in [0.2, 0.25) is 0 Å². The highest BCUT2D eigenvalue weighted by Crippen LogP contribution is 2.35. The summed E-state index contributed by atoms with van der Waals surface area (Å²) in [6.07, 6.45) is 4.90. The van der Waals surface area contributed by atoms with E-state index in [4.69, 9.17) is 0 Å². The standard InChI is InChI=1S/C13H22/c1-6-11-7-12(9(2)3)8-13(11)10(4)5/h8-10H,6-7H2,1-5H3. The lowest BCUT2D eigenvalue weighted by Crippen LogP contribution is -1.92. The van der Waals surface area contributed by atoms with E-state index in [9.17, 15) is 0 Å². The molecule has 0 saturated heterocycles. The molecule has 0 saturated carbocycles. The molecule has 0 aromatic carbocycles. The summed E-state index contributed by atoms with van der Waals surface area (Å²) in [5.41, 5.74) is 4.89. The van der Waals surface area contributed by atoms with Gasteiger partial charge >= 0.3 is 0 Å². The van der Waals surface area contributed by atoms with Gasteiger partial charge in [0, 0.05) is 0 Å². The summed E-state index contributed by atoms with van der Waals surface area (Å²) >= 11 is 0. The molecule has 74 valence electrons. The molecule has 0 radical (unpaired) electrons. The molecule has 0 fully saturated rings. The summed E-state index contributed by atoms with van der Waals surface area (Å²) in [4.78, 5) is 0. The van der Waals surface area contributed by atoms with Crippen molar-refractivity contribution in [2.24, 2.45) is 11.8 Å². The van der Waals surface area contributed by atoms with Crippen LogP contribution in [0.2, 0.25) is 0 Å². The van der Waals surface area contributed by atoms with Crippen LogP contribution >= 0.6 is 0 Å². The van der Waals surface area contributed by atoms with Crippen LogP contribution in [0.25, 0.3) is 0 Å². The molecule has 0 aromatic heterocycles. The Labute approximate surface area is 82.7 Å². The molecular formula is C13H22. The quantitative estimate of drug-likeness (QED) is 0.603. The van der Waals surface area contributed by atoms with Crippen molar-refractivity contribution in [2.45, 2.75) is 47.5 Å². The minimum Gasteiger partial charge on any atom is -0.0633 e. The highest BCUT2D eigenvalue weighted by Gasteiger charge is 2.18. The second-order valence-electron chi connectivity index (χ2n) is 4.62. The molecule has 0 nitrogen and oxygen atoms in total. The third kappa shape index (κ3) is 2.24.